The first-order valence-corrected chi connectivity index (χ1v) is 6.86. The minimum Gasteiger partial charge on any atom is -0.409 e. The Morgan fingerprint density at radius 3 is 2.94 bits per heavy atom. The zero-order valence-electron chi connectivity index (χ0n) is 9.52. The molecule has 0 atom stereocenters. The summed E-state index contributed by atoms with van der Waals surface area (Å²) < 4.78 is 5.81. The average Bonchev–Trinajstić information content (AvgIpc) is 2.34. The van der Waals surface area contributed by atoms with Crippen LogP contribution >= 0.6 is 27.7 Å². The van der Waals surface area contributed by atoms with Gasteiger partial charge in [0.2, 0.25) is 0 Å². The number of oxime groups is 1. The number of halogens is 1. The number of ether oxygens (including phenoxy) is 1. The third-order valence-electron chi connectivity index (χ3n) is 2.09. The van der Waals surface area contributed by atoms with E-state index in [1.807, 2.05) is 18.2 Å². The minimum absolute atomic E-state index is 0.104. The van der Waals surface area contributed by atoms with E-state index < -0.39 is 0 Å². The molecule has 1 aromatic rings. The van der Waals surface area contributed by atoms with Gasteiger partial charge in [-0.05, 0) is 40.5 Å². The molecule has 0 aliphatic heterocycles. The lowest BCUT2D eigenvalue weighted by molar-refractivity contribution is 0.200. The summed E-state index contributed by atoms with van der Waals surface area (Å²) >= 11 is 5.15. The summed E-state index contributed by atoms with van der Waals surface area (Å²) in [5.41, 5.74) is 6.22. The Hall–Kier alpha value is -0.720. The van der Waals surface area contributed by atoms with Gasteiger partial charge in [0.25, 0.3) is 0 Å². The molecule has 4 nitrogen and oxygen atoms in total. The summed E-state index contributed by atoms with van der Waals surface area (Å²) in [5, 5.41) is 11.6. The van der Waals surface area contributed by atoms with Gasteiger partial charge in [-0.2, -0.15) is 0 Å². The van der Waals surface area contributed by atoms with E-state index in [4.69, 9.17) is 15.7 Å². The van der Waals surface area contributed by atoms with Gasteiger partial charge in [-0.3, -0.25) is 0 Å². The number of rotatable bonds is 6. The number of hydrogen-bond acceptors (Lipinski definition) is 4. The van der Waals surface area contributed by atoms with Crippen molar-refractivity contribution in [3.63, 3.8) is 0 Å². The third-order valence-corrected chi connectivity index (χ3v) is 3.82. The standard InChI is InChI=1S/C11H15BrN2O2S/c1-16-5-2-6-17-8-3-4-9(10(12)7-8)11(13)14-15/h3-4,7,15H,2,5-6H2,1H3,(H2,13,14). The lowest BCUT2D eigenvalue weighted by Crippen LogP contribution is -2.13. The second kappa shape index (κ2) is 7.58. The van der Waals surface area contributed by atoms with Crippen LogP contribution < -0.4 is 5.73 Å². The predicted octanol–water partition coefficient (Wildman–Crippen LogP) is 2.67. The van der Waals surface area contributed by atoms with Crippen LogP contribution in [0.5, 0.6) is 0 Å². The van der Waals surface area contributed by atoms with E-state index in [1.54, 1.807) is 18.9 Å². The number of hydrogen-bond donors (Lipinski definition) is 2. The fourth-order valence-electron chi connectivity index (χ4n) is 1.24. The fraction of sp³-hybridized carbons (Fsp3) is 0.364. The molecule has 3 N–H and O–H groups in total. The van der Waals surface area contributed by atoms with Crippen LogP contribution in [-0.4, -0.2) is 30.5 Å². The van der Waals surface area contributed by atoms with Gasteiger partial charge >= 0.3 is 0 Å². The van der Waals surface area contributed by atoms with Crippen molar-refractivity contribution in [1.29, 1.82) is 0 Å². The molecule has 0 aliphatic carbocycles. The van der Waals surface area contributed by atoms with E-state index in [-0.39, 0.29) is 5.84 Å². The first kappa shape index (κ1) is 14.3. The summed E-state index contributed by atoms with van der Waals surface area (Å²) in [7, 11) is 1.70. The summed E-state index contributed by atoms with van der Waals surface area (Å²) in [6.45, 7) is 0.774. The highest BCUT2D eigenvalue weighted by Gasteiger charge is 2.06. The molecule has 0 bridgehead atoms. The minimum atomic E-state index is 0.104. The van der Waals surface area contributed by atoms with Crippen LogP contribution in [0.15, 0.2) is 32.7 Å². The van der Waals surface area contributed by atoms with Crippen LogP contribution in [0.4, 0.5) is 0 Å². The molecule has 0 spiro atoms. The fourth-order valence-corrected chi connectivity index (χ4v) is 2.84. The van der Waals surface area contributed by atoms with Crippen LogP contribution in [0.1, 0.15) is 12.0 Å². The Kier molecular flexibility index (Phi) is 6.39. The SMILES string of the molecule is COCCCSc1ccc(/C(N)=N/O)c(Br)c1. The van der Waals surface area contributed by atoms with Crippen molar-refractivity contribution in [2.45, 2.75) is 11.3 Å². The van der Waals surface area contributed by atoms with E-state index in [0.29, 0.717) is 5.56 Å². The third kappa shape index (κ3) is 4.57. The molecule has 0 amide bonds. The first-order valence-electron chi connectivity index (χ1n) is 5.08. The number of thioether (sulfide) groups is 1. The summed E-state index contributed by atoms with van der Waals surface area (Å²) in [6, 6.07) is 5.75. The van der Waals surface area contributed by atoms with E-state index in [9.17, 15) is 0 Å². The molecule has 0 unspecified atom stereocenters. The maximum atomic E-state index is 8.61. The highest BCUT2D eigenvalue weighted by Crippen LogP contribution is 2.25. The topological polar surface area (TPSA) is 67.8 Å². The highest BCUT2D eigenvalue weighted by molar-refractivity contribution is 9.10. The van der Waals surface area contributed by atoms with E-state index in [2.05, 4.69) is 21.1 Å². The molecule has 0 radical (unpaired) electrons. The second-order valence-corrected chi connectivity index (χ2v) is 5.34. The molecule has 0 saturated carbocycles. The van der Waals surface area contributed by atoms with Crippen molar-refractivity contribution < 1.29 is 9.94 Å². The van der Waals surface area contributed by atoms with Crippen LogP contribution in [-0.2, 0) is 4.74 Å². The van der Waals surface area contributed by atoms with E-state index >= 15 is 0 Å². The van der Waals surface area contributed by atoms with Gasteiger partial charge in [0.05, 0.1) is 0 Å². The number of nitrogens with two attached hydrogens (primary N) is 1. The smallest absolute Gasteiger partial charge is 0.171 e. The molecule has 1 aromatic carbocycles. The maximum Gasteiger partial charge on any atom is 0.171 e. The molecule has 94 valence electrons. The molecule has 17 heavy (non-hydrogen) atoms. The van der Waals surface area contributed by atoms with Crippen molar-refractivity contribution in [3.05, 3.63) is 28.2 Å². The summed E-state index contributed by atoms with van der Waals surface area (Å²) in [6.07, 6.45) is 1.01. The predicted molar refractivity (Wildman–Crippen MR) is 73.9 cm³/mol. The Morgan fingerprint density at radius 1 is 1.59 bits per heavy atom. The quantitative estimate of drug-likeness (QED) is 0.211. The monoisotopic (exact) mass is 318 g/mol. The van der Waals surface area contributed by atoms with Gasteiger partial charge in [-0.25, -0.2) is 0 Å². The first-order chi connectivity index (χ1) is 8.19. The molecule has 0 fully saturated rings. The second-order valence-electron chi connectivity index (χ2n) is 3.32. The highest BCUT2D eigenvalue weighted by atomic mass is 79.9. The normalized spacial score (nSPS) is 11.8. The van der Waals surface area contributed by atoms with Gasteiger partial charge in [0.1, 0.15) is 0 Å². The number of benzene rings is 1. The van der Waals surface area contributed by atoms with Crippen molar-refractivity contribution in [2.75, 3.05) is 19.5 Å². The van der Waals surface area contributed by atoms with Crippen LogP contribution in [0.2, 0.25) is 0 Å². The Labute approximate surface area is 113 Å². The van der Waals surface area contributed by atoms with Gasteiger partial charge in [0.15, 0.2) is 5.84 Å². The van der Waals surface area contributed by atoms with Crippen LogP contribution in [0.3, 0.4) is 0 Å². The van der Waals surface area contributed by atoms with Crippen molar-refractivity contribution in [3.8, 4) is 0 Å². The van der Waals surface area contributed by atoms with E-state index in [0.717, 1.165) is 28.1 Å². The Balaban J connectivity index is 2.63. The molecule has 1 rings (SSSR count). The van der Waals surface area contributed by atoms with Crippen LogP contribution in [0, 0.1) is 0 Å². The zero-order valence-corrected chi connectivity index (χ0v) is 11.9. The number of amidine groups is 1. The summed E-state index contributed by atoms with van der Waals surface area (Å²) in [5.74, 6) is 1.11. The number of nitrogens with zero attached hydrogens (tertiary/aromatic N) is 1. The van der Waals surface area contributed by atoms with Crippen molar-refractivity contribution in [2.24, 2.45) is 10.9 Å². The van der Waals surface area contributed by atoms with Crippen LogP contribution in [0.25, 0.3) is 0 Å². The largest absolute Gasteiger partial charge is 0.409 e. The van der Waals surface area contributed by atoms with Gasteiger partial charge in [-0.1, -0.05) is 5.16 Å². The van der Waals surface area contributed by atoms with Crippen molar-refractivity contribution >= 4 is 33.5 Å². The lowest BCUT2D eigenvalue weighted by atomic mass is 10.2. The Bertz CT molecular complexity index is 399. The maximum absolute atomic E-state index is 8.61. The molecule has 0 aromatic heterocycles. The van der Waals surface area contributed by atoms with Gasteiger partial charge < -0.3 is 15.7 Å². The molecular weight excluding hydrogens is 304 g/mol. The molecular formula is C11H15BrN2O2S. The lowest BCUT2D eigenvalue weighted by Gasteiger charge is -2.06. The summed E-state index contributed by atoms with van der Waals surface area (Å²) in [4.78, 5) is 1.14. The van der Waals surface area contributed by atoms with Gasteiger partial charge in [-0.15, -0.1) is 11.8 Å². The average molecular weight is 319 g/mol. The van der Waals surface area contributed by atoms with Gasteiger partial charge in [0, 0.05) is 34.4 Å². The van der Waals surface area contributed by atoms with E-state index in [1.165, 1.54) is 0 Å². The molecule has 6 heteroatoms. The molecule has 0 heterocycles. The van der Waals surface area contributed by atoms with Crippen molar-refractivity contribution in [1.82, 2.24) is 0 Å². The molecule has 0 aliphatic rings. The number of methoxy groups -OCH3 is 1. The molecule has 0 saturated heterocycles. The zero-order chi connectivity index (χ0) is 12.7. The Morgan fingerprint density at radius 2 is 2.35 bits per heavy atom.